The molecule has 0 aliphatic carbocycles. The maximum Gasteiger partial charge on any atom is 0.229 e. The number of benzene rings is 2. The Morgan fingerprint density at radius 1 is 0.968 bits per heavy atom. The fourth-order valence-electron chi connectivity index (χ4n) is 3.26. The molecule has 0 bridgehead atoms. The van der Waals surface area contributed by atoms with Crippen molar-refractivity contribution in [3.8, 4) is 0 Å². The van der Waals surface area contributed by atoms with Gasteiger partial charge >= 0.3 is 0 Å². The molecule has 0 fully saturated rings. The number of nitrogens with zero attached hydrogens (tertiary/aromatic N) is 1. The highest BCUT2D eigenvalue weighted by Gasteiger charge is 2.24. The molecule has 0 spiro atoms. The fraction of sp³-hybridized carbons (Fsp3) is 0.130. The summed E-state index contributed by atoms with van der Waals surface area (Å²) in [5.41, 5.74) is 4.02. The van der Waals surface area contributed by atoms with Crippen LogP contribution in [0, 0.1) is 11.6 Å². The monoisotopic (exact) mass is 438 g/mol. The molecule has 158 valence electrons. The first-order valence-electron chi connectivity index (χ1n) is 9.58. The van der Waals surface area contributed by atoms with Crippen LogP contribution in [0.1, 0.15) is 16.7 Å². The Kier molecular flexibility index (Phi) is 6.18. The lowest BCUT2D eigenvalue weighted by atomic mass is 10.1. The molecule has 3 N–H and O–H groups in total. The van der Waals surface area contributed by atoms with Gasteiger partial charge in [0.05, 0.1) is 17.8 Å². The smallest absolute Gasteiger partial charge is 0.229 e. The zero-order valence-corrected chi connectivity index (χ0v) is 17.5. The summed E-state index contributed by atoms with van der Waals surface area (Å²) in [6.45, 7) is 0. The Labute approximate surface area is 183 Å². The number of rotatable bonds is 6. The third kappa shape index (κ3) is 5.03. The van der Waals surface area contributed by atoms with Crippen LogP contribution in [0.3, 0.4) is 0 Å². The molecule has 1 aliphatic rings. The molecule has 3 aromatic rings. The second kappa shape index (κ2) is 9.18. The molecule has 1 amide bonds. The van der Waals surface area contributed by atoms with Gasteiger partial charge in [-0.2, -0.15) is 0 Å². The van der Waals surface area contributed by atoms with Crippen LogP contribution < -0.4 is 16.0 Å². The largest absolute Gasteiger partial charge is 0.355 e. The number of halogens is 2. The molecule has 4 rings (SSSR count). The number of hydrogen-bond donors (Lipinski definition) is 3. The minimum absolute atomic E-state index is 0.0419. The van der Waals surface area contributed by atoms with Crippen molar-refractivity contribution in [2.45, 2.75) is 11.9 Å². The Morgan fingerprint density at radius 3 is 2.23 bits per heavy atom. The number of carbonyl (C=O) groups excluding carboxylic acids is 1. The summed E-state index contributed by atoms with van der Waals surface area (Å²) in [4.78, 5) is 16.6. The van der Waals surface area contributed by atoms with Crippen LogP contribution in [0.15, 0.2) is 66.9 Å². The first-order chi connectivity index (χ1) is 15.0. The Hall–Kier alpha value is -3.39. The highest BCUT2D eigenvalue weighted by molar-refractivity contribution is 7.99. The number of aromatic nitrogens is 1. The Balaban J connectivity index is 1.56. The first-order valence-corrected chi connectivity index (χ1v) is 10.9. The Bertz CT molecular complexity index is 1120. The summed E-state index contributed by atoms with van der Waals surface area (Å²) in [5.74, 6) is -0.480. The Morgan fingerprint density at radius 2 is 1.58 bits per heavy atom. The van der Waals surface area contributed by atoms with Crippen molar-refractivity contribution < 1.29 is 13.6 Å². The first kappa shape index (κ1) is 20.9. The fourth-order valence-corrected chi connectivity index (χ4v) is 3.73. The summed E-state index contributed by atoms with van der Waals surface area (Å²) in [6.07, 6.45) is 3.71. The second-order valence-corrected chi connectivity index (χ2v) is 7.89. The van der Waals surface area contributed by atoms with Gasteiger partial charge < -0.3 is 16.0 Å². The SMILES string of the molecule is CSC1NC(c2ccc(F)cc2)=C(c2ccnc(NC(=O)Cc3ccc(F)cc3)c2)N1. The molecule has 0 radical (unpaired) electrons. The molecule has 8 heteroatoms. The van der Waals surface area contributed by atoms with E-state index in [-0.39, 0.29) is 29.5 Å². The number of carbonyl (C=O) groups is 1. The van der Waals surface area contributed by atoms with Crippen LogP contribution >= 0.6 is 11.8 Å². The summed E-state index contributed by atoms with van der Waals surface area (Å²) in [5, 5.41) is 9.59. The normalized spacial score (nSPS) is 15.4. The van der Waals surface area contributed by atoms with Crippen molar-refractivity contribution in [3.05, 3.63) is 95.2 Å². The van der Waals surface area contributed by atoms with Gasteiger partial charge in [0.15, 0.2) is 0 Å². The summed E-state index contributed by atoms with van der Waals surface area (Å²) in [7, 11) is 0. The number of amides is 1. The predicted molar refractivity (Wildman–Crippen MR) is 120 cm³/mol. The maximum atomic E-state index is 13.4. The lowest BCUT2D eigenvalue weighted by Gasteiger charge is -2.11. The van der Waals surface area contributed by atoms with E-state index in [0.717, 1.165) is 22.5 Å². The van der Waals surface area contributed by atoms with Crippen LogP contribution in [0.2, 0.25) is 0 Å². The molecule has 1 aromatic heterocycles. The van der Waals surface area contributed by atoms with Gasteiger partial charge in [0.1, 0.15) is 23.0 Å². The van der Waals surface area contributed by atoms with Gasteiger partial charge in [-0.3, -0.25) is 4.79 Å². The quantitative estimate of drug-likeness (QED) is 0.538. The van der Waals surface area contributed by atoms with E-state index < -0.39 is 0 Å². The standard InChI is InChI=1S/C23H20F2N4OS/c1-31-23-28-21(15-4-8-18(25)9-5-15)22(29-23)16-10-11-26-19(13-16)27-20(30)12-14-2-6-17(24)7-3-14/h2-11,13,23,28-29H,12H2,1H3,(H,26,27,30). The average Bonchev–Trinajstić information content (AvgIpc) is 3.21. The molecule has 0 saturated heterocycles. The van der Waals surface area contributed by atoms with E-state index >= 15 is 0 Å². The van der Waals surface area contributed by atoms with Crippen LogP contribution in [-0.2, 0) is 11.2 Å². The van der Waals surface area contributed by atoms with Crippen molar-refractivity contribution >= 4 is 34.9 Å². The highest BCUT2D eigenvalue weighted by atomic mass is 32.2. The van der Waals surface area contributed by atoms with Crippen molar-refractivity contribution in [1.29, 1.82) is 0 Å². The minimum atomic E-state index is -0.343. The van der Waals surface area contributed by atoms with Gasteiger partial charge in [0.25, 0.3) is 0 Å². The zero-order valence-electron chi connectivity index (χ0n) is 16.7. The molecule has 1 unspecified atom stereocenters. The summed E-state index contributed by atoms with van der Waals surface area (Å²) in [6, 6.07) is 15.7. The number of thioether (sulfide) groups is 1. The lowest BCUT2D eigenvalue weighted by molar-refractivity contribution is -0.115. The molecule has 2 heterocycles. The van der Waals surface area contributed by atoms with Crippen molar-refractivity contribution in [2.24, 2.45) is 0 Å². The van der Waals surface area contributed by atoms with E-state index in [0.29, 0.717) is 11.4 Å². The van der Waals surface area contributed by atoms with Gasteiger partial charge in [-0.25, -0.2) is 13.8 Å². The van der Waals surface area contributed by atoms with Gasteiger partial charge in [-0.1, -0.05) is 12.1 Å². The molecule has 2 aromatic carbocycles. The van der Waals surface area contributed by atoms with Crippen molar-refractivity contribution in [2.75, 3.05) is 11.6 Å². The summed E-state index contributed by atoms with van der Waals surface area (Å²) < 4.78 is 26.4. The van der Waals surface area contributed by atoms with E-state index in [1.165, 1.54) is 24.3 Å². The van der Waals surface area contributed by atoms with Crippen LogP contribution in [0.4, 0.5) is 14.6 Å². The molecule has 1 atom stereocenters. The van der Waals surface area contributed by atoms with Crippen LogP contribution in [0.25, 0.3) is 11.4 Å². The number of anilines is 1. The topological polar surface area (TPSA) is 66.0 Å². The molecular formula is C23H20F2N4OS. The summed E-state index contributed by atoms with van der Waals surface area (Å²) >= 11 is 1.60. The van der Waals surface area contributed by atoms with E-state index in [2.05, 4.69) is 20.9 Å². The molecule has 1 aliphatic heterocycles. The highest BCUT2D eigenvalue weighted by Crippen LogP contribution is 2.30. The van der Waals surface area contributed by atoms with Gasteiger partial charge in [0, 0.05) is 17.3 Å². The van der Waals surface area contributed by atoms with E-state index in [9.17, 15) is 13.6 Å². The second-order valence-electron chi connectivity index (χ2n) is 6.94. The maximum absolute atomic E-state index is 13.4. The van der Waals surface area contributed by atoms with Crippen molar-refractivity contribution in [3.63, 3.8) is 0 Å². The zero-order chi connectivity index (χ0) is 21.8. The van der Waals surface area contributed by atoms with Crippen LogP contribution in [-0.4, -0.2) is 22.6 Å². The van der Waals surface area contributed by atoms with E-state index in [1.54, 1.807) is 48.3 Å². The molecule has 31 heavy (non-hydrogen) atoms. The number of nitrogens with one attached hydrogen (secondary N) is 3. The van der Waals surface area contributed by atoms with Crippen LogP contribution in [0.5, 0.6) is 0 Å². The van der Waals surface area contributed by atoms with E-state index in [1.807, 2.05) is 12.3 Å². The van der Waals surface area contributed by atoms with Gasteiger partial charge in [-0.15, -0.1) is 11.8 Å². The molecule has 5 nitrogen and oxygen atoms in total. The third-order valence-electron chi connectivity index (χ3n) is 4.76. The van der Waals surface area contributed by atoms with E-state index in [4.69, 9.17) is 0 Å². The lowest BCUT2D eigenvalue weighted by Crippen LogP contribution is -2.28. The van der Waals surface area contributed by atoms with Crippen molar-refractivity contribution in [1.82, 2.24) is 15.6 Å². The number of hydrogen-bond acceptors (Lipinski definition) is 5. The average molecular weight is 439 g/mol. The molecule has 0 saturated carbocycles. The minimum Gasteiger partial charge on any atom is -0.355 e. The van der Waals surface area contributed by atoms with Gasteiger partial charge in [-0.05, 0) is 60.4 Å². The van der Waals surface area contributed by atoms with Gasteiger partial charge in [0.2, 0.25) is 5.91 Å². The molecular weight excluding hydrogens is 418 g/mol. The number of pyridine rings is 1. The predicted octanol–water partition coefficient (Wildman–Crippen LogP) is 4.21. The third-order valence-corrected chi connectivity index (χ3v) is 5.47.